The molecule has 0 bridgehead atoms. The summed E-state index contributed by atoms with van der Waals surface area (Å²) >= 11 is 0. The predicted octanol–water partition coefficient (Wildman–Crippen LogP) is 3.87. The molecule has 4 fully saturated rings. The molecule has 2 aliphatic heterocycles. The highest BCUT2D eigenvalue weighted by Crippen LogP contribution is 2.69. The van der Waals surface area contributed by atoms with E-state index in [2.05, 4.69) is 33.8 Å². The number of hydrogen-bond acceptors (Lipinski definition) is 3. The van der Waals surface area contributed by atoms with Crippen LogP contribution >= 0.6 is 0 Å². The minimum absolute atomic E-state index is 0.0174. The van der Waals surface area contributed by atoms with Gasteiger partial charge in [0.1, 0.15) is 17.8 Å². The summed E-state index contributed by atoms with van der Waals surface area (Å²) in [6, 6.07) is 0. The molecule has 0 radical (unpaired) electrons. The Morgan fingerprint density at radius 1 is 1.22 bits per heavy atom. The predicted molar refractivity (Wildman–Crippen MR) is 86.7 cm³/mol. The van der Waals surface area contributed by atoms with Crippen molar-refractivity contribution in [2.45, 2.75) is 77.6 Å². The van der Waals surface area contributed by atoms with Gasteiger partial charge in [-0.05, 0) is 61.5 Å². The molecule has 2 saturated carbocycles. The topological polar surface area (TPSA) is 38.8 Å². The van der Waals surface area contributed by atoms with Gasteiger partial charge in [-0.2, -0.15) is 0 Å². The van der Waals surface area contributed by atoms with Crippen LogP contribution in [0.5, 0.6) is 0 Å². The summed E-state index contributed by atoms with van der Waals surface area (Å²) in [5.41, 5.74) is 1.47. The number of hydrogen-bond donors (Lipinski definition) is 0. The van der Waals surface area contributed by atoms with E-state index in [4.69, 9.17) is 9.47 Å². The molecule has 3 heteroatoms. The summed E-state index contributed by atoms with van der Waals surface area (Å²) in [5.74, 6) is 1.54. The van der Waals surface area contributed by atoms with Gasteiger partial charge in [0.25, 0.3) is 0 Å². The highest BCUT2D eigenvalue weighted by molar-refractivity contribution is 5.80. The average molecular weight is 316 g/mol. The van der Waals surface area contributed by atoms with E-state index in [1.165, 1.54) is 24.8 Å². The summed E-state index contributed by atoms with van der Waals surface area (Å²) < 4.78 is 12.2. The Labute approximate surface area is 138 Å². The SMILES string of the molecule is CC(C)[C@@]12CC[C@H]3C(=C[C@H]4OC(=O)[C@@]5(C)CCC[C@@]3(C)C45)[C@@H]1O2. The van der Waals surface area contributed by atoms with Gasteiger partial charge in [-0.3, -0.25) is 4.79 Å². The second-order valence-electron chi connectivity index (χ2n) is 9.49. The zero-order valence-corrected chi connectivity index (χ0v) is 14.7. The number of carbonyl (C=O) groups excluding carboxylic acids is 1. The fourth-order valence-electron chi connectivity index (χ4n) is 6.97. The lowest BCUT2D eigenvalue weighted by molar-refractivity contribution is -0.148. The summed E-state index contributed by atoms with van der Waals surface area (Å²) in [4.78, 5) is 12.6. The van der Waals surface area contributed by atoms with Gasteiger partial charge in [0.15, 0.2) is 0 Å². The molecule has 0 amide bonds. The Balaban J connectivity index is 1.61. The molecular formula is C20H28O3. The Morgan fingerprint density at radius 2 is 2.00 bits per heavy atom. The Kier molecular flexibility index (Phi) is 2.55. The summed E-state index contributed by atoms with van der Waals surface area (Å²) in [5, 5.41) is 0. The molecule has 3 aliphatic carbocycles. The van der Waals surface area contributed by atoms with Crippen LogP contribution in [0.25, 0.3) is 0 Å². The third-order valence-corrected chi connectivity index (χ3v) is 8.23. The average Bonchev–Trinajstić information content (AvgIpc) is 3.17. The van der Waals surface area contributed by atoms with Crippen LogP contribution in [0.1, 0.15) is 59.8 Å². The molecule has 126 valence electrons. The molecule has 0 N–H and O–H groups in total. The molecule has 23 heavy (non-hydrogen) atoms. The van der Waals surface area contributed by atoms with Gasteiger partial charge in [-0.15, -0.1) is 0 Å². The standard InChI is InChI=1S/C20H28O3/c1-11(2)20-9-6-13-12(16(20)23-20)10-14-15-18(13,3)7-5-8-19(15,4)17(21)22-14/h10-11,13-16H,5-9H2,1-4H3/t13-,14+,15?,16-,18+,19-,20-/m0/s1. The molecule has 0 aromatic heterocycles. The fourth-order valence-corrected chi connectivity index (χ4v) is 6.97. The number of fused-ring (bicyclic) bond motifs is 4. The zero-order valence-electron chi connectivity index (χ0n) is 14.7. The first-order valence-electron chi connectivity index (χ1n) is 9.43. The van der Waals surface area contributed by atoms with E-state index in [-0.39, 0.29) is 34.6 Å². The largest absolute Gasteiger partial charge is 0.457 e. The summed E-state index contributed by atoms with van der Waals surface area (Å²) in [6.45, 7) is 9.15. The van der Waals surface area contributed by atoms with Crippen LogP contribution in [-0.2, 0) is 14.3 Å². The van der Waals surface area contributed by atoms with Crippen LogP contribution in [0.4, 0.5) is 0 Å². The van der Waals surface area contributed by atoms with Crippen molar-refractivity contribution in [3.05, 3.63) is 11.6 Å². The van der Waals surface area contributed by atoms with Crippen LogP contribution in [0.2, 0.25) is 0 Å². The van der Waals surface area contributed by atoms with Crippen LogP contribution < -0.4 is 0 Å². The molecule has 3 nitrogen and oxygen atoms in total. The number of rotatable bonds is 1. The van der Waals surface area contributed by atoms with E-state index in [9.17, 15) is 4.79 Å². The van der Waals surface area contributed by atoms with Crippen LogP contribution in [0, 0.1) is 28.6 Å². The second-order valence-corrected chi connectivity index (χ2v) is 9.49. The van der Waals surface area contributed by atoms with Crippen molar-refractivity contribution in [3.8, 4) is 0 Å². The van der Waals surface area contributed by atoms with Crippen molar-refractivity contribution in [2.24, 2.45) is 28.6 Å². The first kappa shape index (κ1) is 14.5. The first-order chi connectivity index (χ1) is 10.8. The second kappa shape index (κ2) is 4.04. The highest BCUT2D eigenvalue weighted by atomic mass is 16.6. The van der Waals surface area contributed by atoms with Crippen molar-refractivity contribution < 1.29 is 14.3 Å². The minimum Gasteiger partial charge on any atom is -0.457 e. The highest BCUT2D eigenvalue weighted by Gasteiger charge is 2.71. The third kappa shape index (κ3) is 1.49. The maximum absolute atomic E-state index is 12.6. The Bertz CT molecular complexity index is 622. The van der Waals surface area contributed by atoms with Crippen LogP contribution in [-0.4, -0.2) is 23.8 Å². The van der Waals surface area contributed by atoms with Crippen molar-refractivity contribution in [1.82, 2.24) is 0 Å². The molecule has 2 heterocycles. The fraction of sp³-hybridized carbons (Fsp3) is 0.850. The van der Waals surface area contributed by atoms with E-state index in [1.807, 2.05) is 0 Å². The van der Waals surface area contributed by atoms with Gasteiger partial charge < -0.3 is 9.47 Å². The van der Waals surface area contributed by atoms with E-state index in [1.54, 1.807) is 0 Å². The van der Waals surface area contributed by atoms with E-state index >= 15 is 0 Å². The van der Waals surface area contributed by atoms with E-state index in [0.29, 0.717) is 17.8 Å². The number of ether oxygens (including phenoxy) is 2. The minimum atomic E-state index is -0.267. The van der Waals surface area contributed by atoms with Gasteiger partial charge in [-0.1, -0.05) is 27.2 Å². The normalized spacial score (nSPS) is 56.4. The van der Waals surface area contributed by atoms with Crippen molar-refractivity contribution in [1.29, 1.82) is 0 Å². The Morgan fingerprint density at radius 3 is 2.74 bits per heavy atom. The smallest absolute Gasteiger partial charge is 0.312 e. The number of epoxide rings is 1. The molecule has 2 saturated heterocycles. The molecule has 5 aliphatic rings. The zero-order chi connectivity index (χ0) is 16.2. The van der Waals surface area contributed by atoms with Crippen molar-refractivity contribution in [2.75, 3.05) is 0 Å². The quantitative estimate of drug-likeness (QED) is 0.419. The molecule has 0 aromatic rings. The van der Waals surface area contributed by atoms with Crippen LogP contribution in [0.15, 0.2) is 11.6 Å². The third-order valence-electron chi connectivity index (χ3n) is 8.23. The summed E-state index contributed by atoms with van der Waals surface area (Å²) in [7, 11) is 0. The molecule has 0 spiro atoms. The maximum atomic E-state index is 12.6. The summed E-state index contributed by atoms with van der Waals surface area (Å²) in [6.07, 6.45) is 8.33. The van der Waals surface area contributed by atoms with Crippen molar-refractivity contribution >= 4 is 5.97 Å². The van der Waals surface area contributed by atoms with E-state index in [0.717, 1.165) is 12.8 Å². The molecule has 0 aromatic carbocycles. The number of carbonyl (C=O) groups is 1. The van der Waals surface area contributed by atoms with Gasteiger partial charge in [0, 0.05) is 5.92 Å². The molecular weight excluding hydrogens is 288 g/mol. The van der Waals surface area contributed by atoms with Gasteiger partial charge in [-0.25, -0.2) is 0 Å². The van der Waals surface area contributed by atoms with Crippen molar-refractivity contribution in [3.63, 3.8) is 0 Å². The van der Waals surface area contributed by atoms with Gasteiger partial charge >= 0.3 is 5.97 Å². The first-order valence-corrected chi connectivity index (χ1v) is 9.43. The molecule has 7 atom stereocenters. The lowest BCUT2D eigenvalue weighted by atomic mass is 9.46. The Hall–Kier alpha value is -0.830. The number of esters is 1. The molecule has 5 rings (SSSR count). The lowest BCUT2D eigenvalue weighted by Gasteiger charge is -2.55. The monoisotopic (exact) mass is 316 g/mol. The lowest BCUT2D eigenvalue weighted by Crippen LogP contribution is -2.54. The van der Waals surface area contributed by atoms with Gasteiger partial charge in [0.05, 0.1) is 5.41 Å². The van der Waals surface area contributed by atoms with Gasteiger partial charge in [0.2, 0.25) is 0 Å². The molecule has 1 unspecified atom stereocenters. The maximum Gasteiger partial charge on any atom is 0.312 e. The van der Waals surface area contributed by atoms with E-state index < -0.39 is 0 Å². The van der Waals surface area contributed by atoms with Crippen LogP contribution in [0.3, 0.4) is 0 Å².